The summed E-state index contributed by atoms with van der Waals surface area (Å²) in [7, 11) is 0. The molecule has 5 heteroatoms. The second-order valence-corrected chi connectivity index (χ2v) is 8.09. The number of nitrogens with one attached hydrogen (secondary N) is 1. The highest BCUT2D eigenvalue weighted by atomic mass is 32.1. The summed E-state index contributed by atoms with van der Waals surface area (Å²) in [5.41, 5.74) is 2.60. The predicted octanol–water partition coefficient (Wildman–Crippen LogP) is 5.58. The summed E-state index contributed by atoms with van der Waals surface area (Å²) < 4.78 is 5.63. The maximum absolute atomic E-state index is 12.1. The SMILES string of the molecule is CCc1ccc(CCC(=O)Nc2ncc(Cc3ccc(C(C)C)cc3)s2)o1. The highest BCUT2D eigenvalue weighted by Crippen LogP contribution is 2.23. The van der Waals surface area contributed by atoms with Gasteiger partial charge in [0.25, 0.3) is 0 Å². The van der Waals surface area contributed by atoms with Gasteiger partial charge in [-0.25, -0.2) is 4.98 Å². The van der Waals surface area contributed by atoms with Gasteiger partial charge >= 0.3 is 0 Å². The van der Waals surface area contributed by atoms with E-state index >= 15 is 0 Å². The average Bonchev–Trinajstić information content (AvgIpc) is 3.29. The third-order valence-corrected chi connectivity index (χ3v) is 5.40. The molecule has 3 rings (SSSR count). The number of aromatic nitrogens is 1. The van der Waals surface area contributed by atoms with Crippen molar-refractivity contribution >= 4 is 22.4 Å². The normalized spacial score (nSPS) is 11.1. The van der Waals surface area contributed by atoms with Crippen molar-refractivity contribution in [3.05, 3.63) is 70.1 Å². The van der Waals surface area contributed by atoms with Crippen molar-refractivity contribution in [1.82, 2.24) is 4.98 Å². The Balaban J connectivity index is 1.50. The molecule has 4 nitrogen and oxygen atoms in total. The minimum Gasteiger partial charge on any atom is -0.466 e. The molecule has 0 spiro atoms. The molecule has 1 aromatic carbocycles. The fraction of sp³-hybridized carbons (Fsp3) is 0.364. The zero-order valence-electron chi connectivity index (χ0n) is 16.1. The van der Waals surface area contributed by atoms with Crippen LogP contribution in [0.4, 0.5) is 5.13 Å². The predicted molar refractivity (Wildman–Crippen MR) is 110 cm³/mol. The van der Waals surface area contributed by atoms with Crippen LogP contribution in [-0.2, 0) is 24.1 Å². The van der Waals surface area contributed by atoms with E-state index in [4.69, 9.17) is 4.42 Å². The van der Waals surface area contributed by atoms with Crippen molar-refractivity contribution < 1.29 is 9.21 Å². The zero-order chi connectivity index (χ0) is 19.2. The van der Waals surface area contributed by atoms with Crippen LogP contribution < -0.4 is 5.32 Å². The number of furan rings is 1. The van der Waals surface area contributed by atoms with Gasteiger partial charge in [0.2, 0.25) is 5.91 Å². The van der Waals surface area contributed by atoms with Gasteiger partial charge in [-0.05, 0) is 29.2 Å². The van der Waals surface area contributed by atoms with Crippen LogP contribution in [0.5, 0.6) is 0 Å². The molecule has 3 aromatic rings. The van der Waals surface area contributed by atoms with E-state index in [2.05, 4.69) is 48.4 Å². The Morgan fingerprint density at radius 3 is 2.56 bits per heavy atom. The molecule has 0 saturated heterocycles. The van der Waals surface area contributed by atoms with Crippen molar-refractivity contribution in [3.63, 3.8) is 0 Å². The van der Waals surface area contributed by atoms with Crippen LogP contribution in [-0.4, -0.2) is 10.9 Å². The first-order valence-electron chi connectivity index (χ1n) is 9.44. The Morgan fingerprint density at radius 2 is 1.89 bits per heavy atom. The lowest BCUT2D eigenvalue weighted by molar-refractivity contribution is -0.116. The lowest BCUT2D eigenvalue weighted by Gasteiger charge is -2.06. The van der Waals surface area contributed by atoms with Crippen LogP contribution in [0.1, 0.15) is 60.6 Å². The van der Waals surface area contributed by atoms with Gasteiger partial charge in [-0.1, -0.05) is 45.0 Å². The maximum atomic E-state index is 12.1. The maximum Gasteiger partial charge on any atom is 0.226 e. The van der Waals surface area contributed by atoms with E-state index in [1.54, 1.807) is 0 Å². The third kappa shape index (κ3) is 5.54. The molecule has 27 heavy (non-hydrogen) atoms. The van der Waals surface area contributed by atoms with Gasteiger partial charge in [-0.15, -0.1) is 11.3 Å². The second-order valence-electron chi connectivity index (χ2n) is 6.97. The van der Waals surface area contributed by atoms with Crippen LogP contribution in [0.3, 0.4) is 0 Å². The van der Waals surface area contributed by atoms with Gasteiger partial charge < -0.3 is 9.73 Å². The number of benzene rings is 1. The van der Waals surface area contributed by atoms with Crippen LogP contribution in [0.25, 0.3) is 0 Å². The van der Waals surface area contributed by atoms with Crippen LogP contribution in [0, 0.1) is 0 Å². The minimum atomic E-state index is -0.0355. The summed E-state index contributed by atoms with van der Waals surface area (Å²) in [6.45, 7) is 6.44. The van der Waals surface area contributed by atoms with Gasteiger partial charge in [0.05, 0.1) is 0 Å². The third-order valence-electron chi connectivity index (χ3n) is 4.49. The topological polar surface area (TPSA) is 55.1 Å². The number of hydrogen-bond donors (Lipinski definition) is 1. The first-order chi connectivity index (χ1) is 13.0. The molecule has 0 saturated carbocycles. The number of aryl methyl sites for hydroxylation is 2. The Morgan fingerprint density at radius 1 is 1.15 bits per heavy atom. The lowest BCUT2D eigenvalue weighted by atomic mass is 10.0. The van der Waals surface area contributed by atoms with E-state index in [1.807, 2.05) is 25.3 Å². The van der Waals surface area contributed by atoms with Gasteiger partial charge in [0, 0.05) is 36.8 Å². The van der Waals surface area contributed by atoms with Gasteiger partial charge in [-0.2, -0.15) is 0 Å². The van der Waals surface area contributed by atoms with Crippen LogP contribution >= 0.6 is 11.3 Å². The quantitative estimate of drug-likeness (QED) is 0.553. The van der Waals surface area contributed by atoms with E-state index < -0.39 is 0 Å². The van der Waals surface area contributed by atoms with Crippen molar-refractivity contribution in [1.29, 1.82) is 0 Å². The Hall–Kier alpha value is -2.40. The first kappa shape index (κ1) is 19.4. The van der Waals surface area contributed by atoms with Crippen molar-refractivity contribution in [3.8, 4) is 0 Å². The van der Waals surface area contributed by atoms with E-state index in [1.165, 1.54) is 22.5 Å². The Bertz CT molecular complexity index is 878. The second kappa shape index (κ2) is 9.00. The molecule has 0 aliphatic heterocycles. The molecule has 0 fully saturated rings. The summed E-state index contributed by atoms with van der Waals surface area (Å²) in [6, 6.07) is 12.6. The van der Waals surface area contributed by atoms with Crippen LogP contribution in [0.2, 0.25) is 0 Å². The van der Waals surface area contributed by atoms with Crippen molar-refractivity contribution in [2.75, 3.05) is 5.32 Å². The smallest absolute Gasteiger partial charge is 0.226 e. The lowest BCUT2D eigenvalue weighted by Crippen LogP contribution is -2.11. The van der Waals surface area contributed by atoms with Crippen molar-refractivity contribution in [2.24, 2.45) is 0 Å². The molecule has 2 heterocycles. The van der Waals surface area contributed by atoms with E-state index in [9.17, 15) is 4.79 Å². The number of carbonyl (C=O) groups is 1. The molecule has 0 atom stereocenters. The molecule has 0 radical (unpaired) electrons. The van der Waals surface area contributed by atoms with E-state index in [0.29, 0.717) is 23.9 Å². The highest BCUT2D eigenvalue weighted by Gasteiger charge is 2.09. The molecule has 0 unspecified atom stereocenters. The molecular formula is C22H26N2O2S. The minimum absolute atomic E-state index is 0.0355. The average molecular weight is 383 g/mol. The molecular weight excluding hydrogens is 356 g/mol. The number of thiazole rings is 1. The molecule has 142 valence electrons. The number of nitrogens with zero attached hydrogens (tertiary/aromatic N) is 1. The molecule has 0 bridgehead atoms. The monoisotopic (exact) mass is 382 g/mol. The van der Waals surface area contributed by atoms with Gasteiger partial charge in [-0.3, -0.25) is 4.79 Å². The fourth-order valence-corrected chi connectivity index (χ4v) is 3.70. The van der Waals surface area contributed by atoms with E-state index in [0.717, 1.165) is 29.2 Å². The summed E-state index contributed by atoms with van der Waals surface area (Å²) >= 11 is 1.53. The standard InChI is InChI=1S/C22H26N2O2S/c1-4-18-9-10-19(26-18)11-12-21(25)24-22-23-14-20(27-22)13-16-5-7-17(8-6-16)15(2)3/h5-10,14-15H,4,11-13H2,1-3H3,(H,23,24,25). The highest BCUT2D eigenvalue weighted by molar-refractivity contribution is 7.15. The van der Waals surface area contributed by atoms with Crippen LogP contribution in [0.15, 0.2) is 47.0 Å². The number of rotatable bonds is 8. The fourth-order valence-electron chi connectivity index (χ4n) is 2.83. The zero-order valence-corrected chi connectivity index (χ0v) is 16.9. The summed E-state index contributed by atoms with van der Waals surface area (Å²) in [5, 5.41) is 3.55. The molecule has 0 aliphatic rings. The molecule has 0 aliphatic carbocycles. The van der Waals surface area contributed by atoms with Crippen molar-refractivity contribution in [2.45, 2.75) is 52.4 Å². The summed E-state index contributed by atoms with van der Waals surface area (Å²) in [5.74, 6) is 2.31. The van der Waals surface area contributed by atoms with Gasteiger partial charge in [0.1, 0.15) is 11.5 Å². The largest absolute Gasteiger partial charge is 0.466 e. The van der Waals surface area contributed by atoms with E-state index in [-0.39, 0.29) is 5.91 Å². The molecule has 1 amide bonds. The summed E-state index contributed by atoms with van der Waals surface area (Å²) in [4.78, 5) is 17.6. The number of hydrogen-bond acceptors (Lipinski definition) is 4. The first-order valence-corrected chi connectivity index (χ1v) is 10.3. The summed E-state index contributed by atoms with van der Waals surface area (Å²) in [6.07, 6.45) is 4.54. The Labute approximate surface area is 164 Å². The van der Waals surface area contributed by atoms with Gasteiger partial charge in [0.15, 0.2) is 5.13 Å². The molecule has 2 aromatic heterocycles. The Kier molecular flexibility index (Phi) is 6.45. The number of carbonyl (C=O) groups excluding carboxylic acids is 1. The number of amides is 1. The molecule has 1 N–H and O–H groups in total. The number of anilines is 1.